The first-order valence-corrected chi connectivity index (χ1v) is 12.8. The number of rotatable bonds is 4. The maximum Gasteiger partial charge on any atom is 0.321 e. The zero-order chi connectivity index (χ0) is 26.5. The molecular weight excluding hydrogens is 464 g/mol. The number of urea groups is 2. The van der Waals surface area contributed by atoms with Crippen LogP contribution in [0.5, 0.6) is 0 Å². The molecule has 2 aliphatic heterocycles. The van der Waals surface area contributed by atoms with E-state index in [0.29, 0.717) is 37.7 Å². The van der Waals surface area contributed by atoms with E-state index in [4.69, 9.17) is 5.26 Å². The second kappa shape index (κ2) is 11.4. The van der Waals surface area contributed by atoms with E-state index < -0.39 is 0 Å². The Balaban J connectivity index is 1.34. The molecule has 0 radical (unpaired) electrons. The maximum absolute atomic E-state index is 13.0. The summed E-state index contributed by atoms with van der Waals surface area (Å²) in [6.45, 7) is 10.2. The first kappa shape index (κ1) is 26.1. The van der Waals surface area contributed by atoms with Gasteiger partial charge in [-0.25, -0.2) is 9.59 Å². The average Bonchev–Trinajstić information content (AvgIpc) is 2.93. The first-order chi connectivity index (χ1) is 17.8. The van der Waals surface area contributed by atoms with Gasteiger partial charge in [0.05, 0.1) is 11.6 Å². The van der Waals surface area contributed by atoms with Gasteiger partial charge in [-0.2, -0.15) is 5.26 Å². The van der Waals surface area contributed by atoms with E-state index in [2.05, 4.69) is 41.1 Å². The van der Waals surface area contributed by atoms with Crippen molar-refractivity contribution >= 4 is 23.4 Å². The highest BCUT2D eigenvalue weighted by atomic mass is 16.2. The molecule has 2 aliphatic rings. The Labute approximate surface area is 219 Å². The van der Waals surface area contributed by atoms with Gasteiger partial charge in [0.1, 0.15) is 0 Å². The number of piperazine rings is 1. The van der Waals surface area contributed by atoms with E-state index in [-0.39, 0.29) is 12.1 Å². The van der Waals surface area contributed by atoms with Crippen molar-refractivity contribution in [1.82, 2.24) is 19.6 Å². The predicted molar refractivity (Wildman–Crippen MR) is 146 cm³/mol. The molecule has 0 aromatic heterocycles. The minimum absolute atomic E-state index is 0.0250. The molecule has 0 saturated carbocycles. The van der Waals surface area contributed by atoms with Crippen LogP contribution < -0.4 is 5.32 Å². The lowest BCUT2D eigenvalue weighted by Crippen LogP contribution is -2.53. The third-order valence-corrected chi connectivity index (χ3v) is 7.42. The lowest BCUT2D eigenvalue weighted by molar-refractivity contribution is 0.133. The van der Waals surface area contributed by atoms with E-state index in [9.17, 15) is 9.59 Å². The van der Waals surface area contributed by atoms with E-state index >= 15 is 0 Å². The van der Waals surface area contributed by atoms with Crippen LogP contribution in [0.15, 0.2) is 49.0 Å². The Kier molecular flexibility index (Phi) is 8.02. The van der Waals surface area contributed by atoms with Crippen LogP contribution in [0.25, 0.3) is 5.70 Å². The van der Waals surface area contributed by atoms with Gasteiger partial charge in [0.25, 0.3) is 0 Å². The van der Waals surface area contributed by atoms with E-state index in [1.807, 2.05) is 31.2 Å². The molecule has 37 heavy (non-hydrogen) atoms. The third kappa shape index (κ3) is 6.05. The van der Waals surface area contributed by atoms with Crippen molar-refractivity contribution in [2.24, 2.45) is 0 Å². The molecule has 2 heterocycles. The molecule has 0 spiro atoms. The Morgan fingerprint density at radius 1 is 0.946 bits per heavy atom. The minimum Gasteiger partial charge on any atom is -0.371 e. The summed E-state index contributed by atoms with van der Waals surface area (Å²) in [5.74, 6) is 0.484. The number of carbonyl (C=O) groups is 2. The largest absolute Gasteiger partial charge is 0.371 e. The molecule has 4 amide bonds. The average molecular weight is 501 g/mol. The maximum atomic E-state index is 13.0. The zero-order valence-corrected chi connectivity index (χ0v) is 22.0. The van der Waals surface area contributed by atoms with Crippen molar-refractivity contribution in [2.75, 3.05) is 58.7 Å². The molecule has 0 aliphatic carbocycles. The summed E-state index contributed by atoms with van der Waals surface area (Å²) in [6, 6.07) is 16.0. The van der Waals surface area contributed by atoms with Crippen molar-refractivity contribution in [3.63, 3.8) is 0 Å². The predicted octanol–water partition coefficient (Wildman–Crippen LogP) is 4.55. The second-order valence-corrected chi connectivity index (χ2v) is 10.1. The smallest absolute Gasteiger partial charge is 0.321 e. The highest BCUT2D eigenvalue weighted by Crippen LogP contribution is 2.32. The summed E-state index contributed by atoms with van der Waals surface area (Å²) in [5.41, 5.74) is 5.72. The van der Waals surface area contributed by atoms with Gasteiger partial charge in [-0.15, -0.1) is 0 Å². The van der Waals surface area contributed by atoms with E-state index in [0.717, 1.165) is 48.4 Å². The highest BCUT2D eigenvalue weighted by Gasteiger charge is 2.26. The summed E-state index contributed by atoms with van der Waals surface area (Å²) < 4.78 is 0. The molecule has 2 saturated heterocycles. The number of nitrogens with one attached hydrogen (secondary N) is 1. The van der Waals surface area contributed by atoms with Crippen LogP contribution in [0, 0.1) is 18.3 Å². The summed E-state index contributed by atoms with van der Waals surface area (Å²) in [6.07, 6.45) is 2.06. The quantitative estimate of drug-likeness (QED) is 0.668. The fraction of sp³-hybridized carbons (Fsp3) is 0.414. The van der Waals surface area contributed by atoms with Crippen LogP contribution in [0.3, 0.4) is 0 Å². The third-order valence-electron chi connectivity index (χ3n) is 7.42. The summed E-state index contributed by atoms with van der Waals surface area (Å²) in [7, 11) is 3.48. The number of nitrogens with zero attached hydrogens (tertiary/aromatic N) is 5. The highest BCUT2D eigenvalue weighted by molar-refractivity contribution is 5.91. The normalized spacial score (nSPS) is 16.2. The number of aryl methyl sites for hydroxylation is 1. The molecule has 0 atom stereocenters. The standard InChI is InChI=1S/C29H36N6O2/c1-21-5-8-26(19-27(21)31-28(36)34-15-17-35(18-16-34)29(37)32(3)4)22(2)33-13-11-25(12-14-33)24-9-6-23(20-30)7-10-24/h5-10,19,25H,2,11-18H2,1,3-4H3,(H,31,36). The SMILES string of the molecule is C=C(c1ccc(C)c(NC(=O)N2CCN(C(=O)N(C)C)CC2)c1)N1CCC(c2ccc(C#N)cc2)CC1. The molecule has 0 unspecified atom stereocenters. The van der Waals surface area contributed by atoms with Crippen LogP contribution in [0.4, 0.5) is 15.3 Å². The molecular formula is C29H36N6O2. The molecule has 8 nitrogen and oxygen atoms in total. The number of benzene rings is 2. The summed E-state index contributed by atoms with van der Waals surface area (Å²) in [5, 5.41) is 12.1. The van der Waals surface area contributed by atoms with Crippen LogP contribution in [0.1, 0.15) is 41.0 Å². The van der Waals surface area contributed by atoms with Crippen molar-refractivity contribution < 1.29 is 9.59 Å². The number of hydrogen-bond donors (Lipinski definition) is 1. The van der Waals surface area contributed by atoms with Gasteiger partial charge in [0, 0.05) is 64.7 Å². The molecule has 1 N–H and O–H groups in total. The van der Waals surface area contributed by atoms with E-state index in [1.54, 1.807) is 28.8 Å². The van der Waals surface area contributed by atoms with Crippen molar-refractivity contribution in [3.8, 4) is 6.07 Å². The number of piperidine rings is 1. The lowest BCUT2D eigenvalue weighted by Gasteiger charge is -2.36. The Morgan fingerprint density at radius 2 is 1.57 bits per heavy atom. The Bertz CT molecular complexity index is 1180. The number of nitriles is 1. The molecule has 194 valence electrons. The van der Waals surface area contributed by atoms with Gasteiger partial charge in [-0.05, 0) is 60.6 Å². The van der Waals surface area contributed by atoms with Gasteiger partial charge in [0.2, 0.25) is 0 Å². The molecule has 2 fully saturated rings. The van der Waals surface area contributed by atoms with Crippen LogP contribution in [0.2, 0.25) is 0 Å². The van der Waals surface area contributed by atoms with Crippen LogP contribution >= 0.6 is 0 Å². The van der Waals surface area contributed by atoms with Crippen LogP contribution in [-0.2, 0) is 0 Å². The van der Waals surface area contributed by atoms with Crippen molar-refractivity contribution in [1.29, 1.82) is 5.26 Å². The van der Waals surface area contributed by atoms with Gasteiger partial charge in [0.15, 0.2) is 0 Å². The summed E-state index contributed by atoms with van der Waals surface area (Å²) in [4.78, 5) is 32.5. The Hall–Kier alpha value is -3.99. The molecule has 2 aromatic carbocycles. The second-order valence-electron chi connectivity index (χ2n) is 10.1. The first-order valence-electron chi connectivity index (χ1n) is 12.8. The topological polar surface area (TPSA) is 82.9 Å². The lowest BCUT2D eigenvalue weighted by atomic mass is 9.88. The summed E-state index contributed by atoms with van der Waals surface area (Å²) >= 11 is 0. The number of likely N-dealkylation sites (tertiary alicyclic amines) is 1. The van der Waals surface area contributed by atoms with Crippen molar-refractivity contribution in [3.05, 3.63) is 71.3 Å². The molecule has 0 bridgehead atoms. The number of carbonyl (C=O) groups excluding carboxylic acids is 2. The van der Waals surface area contributed by atoms with Gasteiger partial charge in [-0.1, -0.05) is 30.8 Å². The van der Waals surface area contributed by atoms with Gasteiger partial charge >= 0.3 is 12.1 Å². The monoisotopic (exact) mass is 500 g/mol. The fourth-order valence-corrected chi connectivity index (χ4v) is 5.01. The minimum atomic E-state index is -0.147. The number of hydrogen-bond acceptors (Lipinski definition) is 4. The number of amides is 4. The van der Waals surface area contributed by atoms with E-state index in [1.165, 1.54) is 5.56 Å². The number of anilines is 1. The Morgan fingerprint density at radius 3 is 2.16 bits per heavy atom. The van der Waals surface area contributed by atoms with Crippen molar-refractivity contribution in [2.45, 2.75) is 25.7 Å². The molecule has 8 heteroatoms. The molecule has 4 rings (SSSR count). The van der Waals surface area contributed by atoms with Gasteiger partial charge in [-0.3, -0.25) is 0 Å². The zero-order valence-electron chi connectivity index (χ0n) is 22.0. The van der Waals surface area contributed by atoms with Gasteiger partial charge < -0.3 is 24.9 Å². The fourth-order valence-electron chi connectivity index (χ4n) is 5.01. The molecule has 2 aromatic rings. The van der Waals surface area contributed by atoms with Crippen LogP contribution in [-0.4, -0.2) is 85.0 Å².